The number of quaternary nitrogens is 1. The van der Waals surface area contributed by atoms with Crippen molar-refractivity contribution in [3.63, 3.8) is 0 Å². The number of hydrogen-bond acceptors (Lipinski definition) is 2. The minimum absolute atomic E-state index is 0. The number of unbranched alkanes of at least 4 members (excludes halogenated alkanes) is 17. The minimum Gasteiger partial charge on any atom is -0.550 e. The second-order valence-corrected chi connectivity index (χ2v) is 11.2. The Morgan fingerprint density at radius 2 is 0.971 bits per heavy atom. The van der Waals surface area contributed by atoms with Crippen molar-refractivity contribution < 1.29 is 9.90 Å². The van der Waals surface area contributed by atoms with E-state index in [0.717, 1.165) is 19.3 Å². The van der Waals surface area contributed by atoms with E-state index in [-0.39, 0.29) is 12.1 Å². The van der Waals surface area contributed by atoms with E-state index in [9.17, 15) is 9.90 Å². The lowest BCUT2D eigenvalue weighted by atomic mass is 9.64. The van der Waals surface area contributed by atoms with Crippen LogP contribution in [0.25, 0.3) is 0 Å². The van der Waals surface area contributed by atoms with Gasteiger partial charge in [0.2, 0.25) is 0 Å². The molecule has 0 radical (unpaired) electrons. The summed E-state index contributed by atoms with van der Waals surface area (Å²) >= 11 is 0. The summed E-state index contributed by atoms with van der Waals surface area (Å²) in [5.41, 5.74) is -0.629. The molecule has 0 saturated heterocycles. The van der Waals surface area contributed by atoms with Crippen LogP contribution in [0, 0.1) is 17.3 Å². The first kappa shape index (κ1) is 35.6. The Bertz CT molecular complexity index is 437. The van der Waals surface area contributed by atoms with E-state index in [1.165, 1.54) is 116 Å². The van der Waals surface area contributed by atoms with Gasteiger partial charge in [0.05, 0.1) is 0 Å². The predicted octanol–water partition coefficient (Wildman–Crippen LogP) is 10.0. The fourth-order valence-corrected chi connectivity index (χ4v) is 5.87. The zero-order valence-electron chi connectivity index (χ0n) is 24.5. The summed E-state index contributed by atoms with van der Waals surface area (Å²) < 4.78 is 0. The molecule has 0 aliphatic heterocycles. The van der Waals surface area contributed by atoms with E-state index in [4.69, 9.17) is 0 Å². The van der Waals surface area contributed by atoms with Crippen LogP contribution in [0.2, 0.25) is 0 Å². The molecule has 0 rings (SSSR count). The summed E-state index contributed by atoms with van der Waals surface area (Å²) in [6.07, 6.45) is 27.5. The third-order valence-electron chi connectivity index (χ3n) is 8.15. The van der Waals surface area contributed by atoms with Crippen molar-refractivity contribution in [2.45, 2.75) is 176 Å². The Morgan fingerprint density at radius 3 is 1.29 bits per heavy atom. The number of carbonyl (C=O) groups excluding carboxylic acids is 1. The van der Waals surface area contributed by atoms with Gasteiger partial charge >= 0.3 is 0 Å². The Balaban J connectivity index is 0. The Morgan fingerprint density at radius 1 is 0.618 bits per heavy atom. The lowest BCUT2D eigenvalue weighted by Gasteiger charge is -2.44. The molecular formula is C31H65NO2. The van der Waals surface area contributed by atoms with Crippen LogP contribution in [0.1, 0.15) is 176 Å². The summed E-state index contributed by atoms with van der Waals surface area (Å²) in [7, 11) is 0. The van der Waals surface area contributed by atoms with Crippen LogP contribution < -0.4 is 11.3 Å². The predicted molar refractivity (Wildman–Crippen MR) is 150 cm³/mol. The van der Waals surface area contributed by atoms with Crippen molar-refractivity contribution in [2.24, 2.45) is 17.3 Å². The molecular weight excluding hydrogens is 418 g/mol. The maximum atomic E-state index is 12.4. The SMILES string of the molecule is CCCCCCCCCCCCCCCC(C(C)C)C(CC)(CCCCCCCC)C(=O)[O-].[NH4+]. The molecule has 34 heavy (non-hydrogen) atoms. The van der Waals surface area contributed by atoms with Gasteiger partial charge < -0.3 is 16.1 Å². The molecule has 0 aliphatic carbocycles. The summed E-state index contributed by atoms with van der Waals surface area (Å²) in [4.78, 5) is 12.4. The van der Waals surface area contributed by atoms with E-state index in [0.29, 0.717) is 12.3 Å². The zero-order valence-corrected chi connectivity index (χ0v) is 24.5. The number of aliphatic carboxylic acids is 1. The molecule has 0 heterocycles. The van der Waals surface area contributed by atoms with E-state index >= 15 is 0 Å². The molecule has 0 spiro atoms. The lowest BCUT2D eigenvalue weighted by Crippen LogP contribution is -2.48. The van der Waals surface area contributed by atoms with Crippen LogP contribution in [-0.2, 0) is 4.79 Å². The van der Waals surface area contributed by atoms with Crippen LogP contribution in [0.15, 0.2) is 0 Å². The molecule has 0 aromatic heterocycles. The molecule has 0 amide bonds. The zero-order chi connectivity index (χ0) is 24.8. The van der Waals surface area contributed by atoms with Gasteiger partial charge in [-0.2, -0.15) is 0 Å². The second-order valence-electron chi connectivity index (χ2n) is 11.2. The summed E-state index contributed by atoms with van der Waals surface area (Å²) in [6, 6.07) is 0. The van der Waals surface area contributed by atoms with Crippen LogP contribution in [-0.4, -0.2) is 5.97 Å². The molecule has 0 aromatic rings. The maximum Gasteiger partial charge on any atom is 0.0478 e. The van der Waals surface area contributed by atoms with Gasteiger partial charge in [-0.05, 0) is 31.1 Å². The first-order valence-corrected chi connectivity index (χ1v) is 15.2. The highest BCUT2D eigenvalue weighted by Crippen LogP contribution is 2.44. The summed E-state index contributed by atoms with van der Waals surface area (Å²) in [5.74, 6) is -0.136. The van der Waals surface area contributed by atoms with E-state index < -0.39 is 11.4 Å². The van der Waals surface area contributed by atoms with Crippen molar-refractivity contribution in [1.29, 1.82) is 0 Å². The number of carboxylic acid groups (broad SMARTS) is 1. The fraction of sp³-hybridized carbons (Fsp3) is 0.968. The van der Waals surface area contributed by atoms with Crippen molar-refractivity contribution in [3.05, 3.63) is 0 Å². The highest BCUT2D eigenvalue weighted by Gasteiger charge is 2.39. The molecule has 3 nitrogen and oxygen atoms in total. The number of carbonyl (C=O) groups is 1. The highest BCUT2D eigenvalue weighted by atomic mass is 16.4. The first-order chi connectivity index (χ1) is 16.0. The number of carboxylic acids is 1. The molecule has 4 N–H and O–H groups in total. The molecule has 2 unspecified atom stereocenters. The van der Waals surface area contributed by atoms with Gasteiger partial charge in [0.15, 0.2) is 0 Å². The lowest BCUT2D eigenvalue weighted by molar-refractivity contribution is -0.324. The first-order valence-electron chi connectivity index (χ1n) is 15.2. The molecule has 0 bridgehead atoms. The molecule has 2 atom stereocenters. The van der Waals surface area contributed by atoms with Gasteiger partial charge in [-0.1, -0.05) is 157 Å². The molecule has 206 valence electrons. The average Bonchev–Trinajstić information content (AvgIpc) is 2.79. The monoisotopic (exact) mass is 484 g/mol. The third kappa shape index (κ3) is 16.2. The normalized spacial score (nSPS) is 14.1. The van der Waals surface area contributed by atoms with Crippen molar-refractivity contribution in [1.82, 2.24) is 6.15 Å². The maximum absolute atomic E-state index is 12.4. The standard InChI is InChI=1S/C31H62O2.H3N/c1-6-9-11-13-15-16-17-18-19-20-21-22-24-26-29(28(4)5)31(8-3,30(32)33)27-25-23-14-12-10-7-2;/h28-29H,6-27H2,1-5H3,(H,32,33);1H3. The van der Waals surface area contributed by atoms with Crippen LogP contribution in [0.5, 0.6) is 0 Å². The van der Waals surface area contributed by atoms with Crippen LogP contribution >= 0.6 is 0 Å². The Labute approximate surface area is 215 Å². The molecule has 3 heteroatoms. The van der Waals surface area contributed by atoms with Crippen molar-refractivity contribution in [3.8, 4) is 0 Å². The van der Waals surface area contributed by atoms with Crippen molar-refractivity contribution in [2.75, 3.05) is 0 Å². The smallest absolute Gasteiger partial charge is 0.0478 e. The fourth-order valence-electron chi connectivity index (χ4n) is 5.87. The van der Waals surface area contributed by atoms with E-state index in [1.807, 2.05) is 0 Å². The van der Waals surface area contributed by atoms with Gasteiger partial charge in [0, 0.05) is 11.4 Å². The van der Waals surface area contributed by atoms with Gasteiger partial charge in [-0.25, -0.2) is 0 Å². The molecule has 0 fully saturated rings. The van der Waals surface area contributed by atoms with Crippen molar-refractivity contribution >= 4 is 5.97 Å². The number of hydrogen-bond donors (Lipinski definition) is 1. The average molecular weight is 484 g/mol. The third-order valence-corrected chi connectivity index (χ3v) is 8.15. The minimum atomic E-state index is -0.785. The summed E-state index contributed by atoms with van der Waals surface area (Å²) in [5, 5.41) is 12.4. The Hall–Kier alpha value is -0.570. The van der Waals surface area contributed by atoms with Crippen LogP contribution in [0.4, 0.5) is 0 Å². The van der Waals surface area contributed by atoms with Gasteiger partial charge in [-0.15, -0.1) is 0 Å². The second kappa shape index (κ2) is 24.1. The molecule has 0 aliphatic rings. The van der Waals surface area contributed by atoms with Gasteiger partial charge in [0.1, 0.15) is 0 Å². The quantitative estimate of drug-likeness (QED) is 0.131. The van der Waals surface area contributed by atoms with E-state index in [2.05, 4.69) is 34.6 Å². The van der Waals surface area contributed by atoms with Gasteiger partial charge in [-0.3, -0.25) is 0 Å². The summed E-state index contributed by atoms with van der Waals surface area (Å²) in [6.45, 7) is 11.0. The highest BCUT2D eigenvalue weighted by molar-refractivity contribution is 5.72. The molecule has 0 aromatic carbocycles. The topological polar surface area (TPSA) is 76.6 Å². The number of rotatable bonds is 25. The van der Waals surface area contributed by atoms with Crippen LogP contribution in [0.3, 0.4) is 0 Å². The Kier molecular flexibility index (Phi) is 25.3. The van der Waals surface area contributed by atoms with E-state index in [1.54, 1.807) is 0 Å². The largest absolute Gasteiger partial charge is 0.550 e. The van der Waals surface area contributed by atoms with Gasteiger partial charge in [0.25, 0.3) is 0 Å². The molecule has 0 saturated carbocycles.